The Hall–Kier alpha value is -2.19. The molecule has 0 saturated heterocycles. The average molecular weight is 522 g/mol. The topological polar surface area (TPSA) is 122 Å². The van der Waals surface area contributed by atoms with E-state index in [0.29, 0.717) is 18.8 Å². The molecular weight excluding hydrogens is 474 g/mol. The van der Waals surface area contributed by atoms with Crippen LogP contribution in [0.1, 0.15) is 87.0 Å². The maximum atomic E-state index is 12.7. The summed E-state index contributed by atoms with van der Waals surface area (Å²) in [5.74, 6) is -0.683. The van der Waals surface area contributed by atoms with Crippen LogP contribution in [-0.4, -0.2) is 46.5 Å². The number of fused-ring (bicyclic) bond motifs is 1. The molecule has 2 aliphatic carbocycles. The fraction of sp³-hybridized carbons (Fsp3) is 0.759. The number of rotatable bonds is 11. The summed E-state index contributed by atoms with van der Waals surface area (Å²) < 4.78 is 11.6. The number of allylic oxidation sites excluding steroid dienone is 3. The first kappa shape index (κ1) is 31.0. The molecule has 37 heavy (non-hydrogen) atoms. The van der Waals surface area contributed by atoms with Crippen molar-refractivity contribution in [2.75, 3.05) is 0 Å². The molecule has 210 valence electrons. The number of nitrogens with one attached hydrogen (secondary N) is 1. The zero-order chi connectivity index (χ0) is 27.9. The molecule has 0 spiro atoms. The lowest BCUT2D eigenvalue weighted by molar-refractivity contribution is -0.162. The number of amides is 1. The quantitative estimate of drug-likeness (QED) is 0.204. The average Bonchev–Trinajstić information content (AvgIpc) is 2.81. The highest BCUT2D eigenvalue weighted by molar-refractivity contribution is 5.78. The highest BCUT2D eigenvalue weighted by Gasteiger charge is 2.42. The summed E-state index contributed by atoms with van der Waals surface area (Å²) in [5.41, 5.74) is 2.00. The number of ether oxygens (including phenoxy) is 2. The van der Waals surface area contributed by atoms with Crippen LogP contribution in [0.4, 0.5) is 0 Å². The standard InChI is InChI=1S/C29H47NO7/c1-8-18(3)27(33)37-24-14-17(2)13-20-10-9-19(4)23(26(20)24)12-11-21(31)15-22(16-25(32)30-35)36-28(34)29(5,6)7/h9-10,13,17-19,21-24,26,31,35H,8,11-12,14-16H2,1-7H3,(H,30,32)/t17-,18-,19-,21+,22-,23-,24-,26-/m0/s1. The molecular formula is C29H47NO7. The summed E-state index contributed by atoms with van der Waals surface area (Å²) in [7, 11) is 0. The number of hydrogen-bond donors (Lipinski definition) is 3. The van der Waals surface area contributed by atoms with E-state index >= 15 is 0 Å². The summed E-state index contributed by atoms with van der Waals surface area (Å²) in [6.45, 7) is 13.3. The molecule has 8 atom stereocenters. The van der Waals surface area contributed by atoms with Crippen LogP contribution in [0.2, 0.25) is 0 Å². The largest absolute Gasteiger partial charge is 0.461 e. The van der Waals surface area contributed by atoms with E-state index in [1.165, 1.54) is 5.57 Å². The van der Waals surface area contributed by atoms with Crippen molar-refractivity contribution in [3.63, 3.8) is 0 Å². The van der Waals surface area contributed by atoms with Crippen molar-refractivity contribution in [2.45, 2.75) is 105 Å². The van der Waals surface area contributed by atoms with E-state index in [9.17, 15) is 19.5 Å². The number of esters is 2. The number of carbonyl (C=O) groups is 3. The van der Waals surface area contributed by atoms with Crippen molar-refractivity contribution in [3.8, 4) is 0 Å². The zero-order valence-electron chi connectivity index (χ0n) is 23.5. The third-order valence-corrected chi connectivity index (χ3v) is 7.67. The number of hydroxylamine groups is 1. The SMILES string of the molecule is CC[C@H](C)C(=O)O[C@H]1C[C@@H](C)C=C2C=C[C@H](C)[C@H](CC[C@@H](O)C[C@@H](CC(=O)NO)OC(=O)C(C)(C)C)[C@H]21. The van der Waals surface area contributed by atoms with Gasteiger partial charge < -0.3 is 14.6 Å². The summed E-state index contributed by atoms with van der Waals surface area (Å²) in [6, 6.07) is 0. The van der Waals surface area contributed by atoms with E-state index in [2.05, 4.69) is 32.1 Å². The summed E-state index contributed by atoms with van der Waals surface area (Å²) in [4.78, 5) is 36.8. The van der Waals surface area contributed by atoms with Crippen LogP contribution in [0.5, 0.6) is 0 Å². The van der Waals surface area contributed by atoms with Gasteiger partial charge in [0.2, 0.25) is 5.91 Å². The van der Waals surface area contributed by atoms with Gasteiger partial charge in [-0.15, -0.1) is 0 Å². The van der Waals surface area contributed by atoms with E-state index in [1.54, 1.807) is 26.3 Å². The maximum absolute atomic E-state index is 12.7. The third kappa shape index (κ3) is 8.95. The Kier molecular flexibility index (Phi) is 11.4. The van der Waals surface area contributed by atoms with Gasteiger partial charge in [0.15, 0.2) is 0 Å². The third-order valence-electron chi connectivity index (χ3n) is 7.67. The van der Waals surface area contributed by atoms with E-state index in [0.717, 1.165) is 12.8 Å². The van der Waals surface area contributed by atoms with Gasteiger partial charge in [0.1, 0.15) is 12.2 Å². The number of aliphatic hydroxyl groups is 1. The molecule has 3 N–H and O–H groups in total. The predicted octanol–water partition coefficient (Wildman–Crippen LogP) is 4.73. The molecule has 8 nitrogen and oxygen atoms in total. The molecule has 0 aromatic rings. The monoisotopic (exact) mass is 521 g/mol. The Bertz CT molecular complexity index is 859. The molecule has 2 rings (SSSR count). The zero-order valence-corrected chi connectivity index (χ0v) is 23.5. The first-order valence-corrected chi connectivity index (χ1v) is 13.7. The van der Waals surface area contributed by atoms with Crippen LogP contribution in [-0.2, 0) is 23.9 Å². The molecule has 0 fully saturated rings. The molecule has 0 unspecified atom stereocenters. The highest BCUT2D eigenvalue weighted by Crippen LogP contribution is 2.45. The van der Waals surface area contributed by atoms with Gasteiger partial charge in [0.25, 0.3) is 0 Å². The van der Waals surface area contributed by atoms with Crippen LogP contribution in [0, 0.1) is 35.0 Å². The highest BCUT2D eigenvalue weighted by atomic mass is 16.6. The van der Waals surface area contributed by atoms with Gasteiger partial charge in [-0.1, -0.05) is 45.9 Å². The van der Waals surface area contributed by atoms with E-state index in [4.69, 9.17) is 14.7 Å². The van der Waals surface area contributed by atoms with Gasteiger partial charge in [-0.25, -0.2) is 5.48 Å². The van der Waals surface area contributed by atoms with Gasteiger partial charge in [-0.2, -0.15) is 0 Å². The second kappa shape index (κ2) is 13.6. The molecule has 0 saturated carbocycles. The van der Waals surface area contributed by atoms with Crippen molar-refractivity contribution in [2.24, 2.45) is 35.0 Å². The van der Waals surface area contributed by atoms with Crippen molar-refractivity contribution >= 4 is 17.8 Å². The maximum Gasteiger partial charge on any atom is 0.311 e. The van der Waals surface area contributed by atoms with E-state index < -0.39 is 29.5 Å². The van der Waals surface area contributed by atoms with Crippen molar-refractivity contribution < 1.29 is 34.2 Å². The fourth-order valence-electron chi connectivity index (χ4n) is 5.21. The van der Waals surface area contributed by atoms with Crippen molar-refractivity contribution in [1.82, 2.24) is 5.48 Å². The molecule has 2 aliphatic rings. The Labute approximate surface area is 221 Å². The summed E-state index contributed by atoms with van der Waals surface area (Å²) >= 11 is 0. The second-order valence-electron chi connectivity index (χ2n) is 12.1. The lowest BCUT2D eigenvalue weighted by Crippen LogP contribution is -2.41. The molecule has 8 heteroatoms. The Balaban J connectivity index is 2.12. The van der Waals surface area contributed by atoms with Gasteiger partial charge in [-0.3, -0.25) is 19.6 Å². The molecule has 1 amide bonds. The molecule has 0 aromatic heterocycles. The summed E-state index contributed by atoms with van der Waals surface area (Å²) in [6.07, 6.45) is 7.22. The van der Waals surface area contributed by atoms with Crippen LogP contribution < -0.4 is 5.48 Å². The number of carbonyl (C=O) groups excluding carboxylic acids is 3. The minimum absolute atomic E-state index is 0.0612. The molecule has 0 aliphatic heterocycles. The molecule has 0 heterocycles. The van der Waals surface area contributed by atoms with Crippen LogP contribution in [0.25, 0.3) is 0 Å². The van der Waals surface area contributed by atoms with Crippen LogP contribution in [0.15, 0.2) is 23.8 Å². The summed E-state index contributed by atoms with van der Waals surface area (Å²) in [5, 5.41) is 19.8. The van der Waals surface area contributed by atoms with Crippen LogP contribution in [0.3, 0.4) is 0 Å². The van der Waals surface area contributed by atoms with Gasteiger partial charge in [0, 0.05) is 12.3 Å². The first-order chi connectivity index (χ1) is 17.3. The predicted molar refractivity (Wildman–Crippen MR) is 140 cm³/mol. The Morgan fingerprint density at radius 1 is 1.22 bits per heavy atom. The Morgan fingerprint density at radius 2 is 1.89 bits per heavy atom. The van der Waals surface area contributed by atoms with Gasteiger partial charge in [0.05, 0.1) is 23.9 Å². The minimum atomic E-state index is -0.854. The smallest absolute Gasteiger partial charge is 0.311 e. The minimum Gasteiger partial charge on any atom is -0.461 e. The molecule has 0 radical (unpaired) electrons. The number of aliphatic hydroxyl groups excluding tert-OH is 1. The van der Waals surface area contributed by atoms with Crippen LogP contribution >= 0.6 is 0 Å². The van der Waals surface area contributed by atoms with Crippen molar-refractivity contribution in [1.29, 1.82) is 0 Å². The lowest BCUT2D eigenvalue weighted by Gasteiger charge is -2.43. The fourth-order valence-corrected chi connectivity index (χ4v) is 5.21. The lowest BCUT2D eigenvalue weighted by atomic mass is 9.65. The Morgan fingerprint density at radius 3 is 2.49 bits per heavy atom. The van der Waals surface area contributed by atoms with Gasteiger partial charge >= 0.3 is 11.9 Å². The van der Waals surface area contributed by atoms with E-state index in [1.807, 2.05) is 13.8 Å². The number of hydrogen-bond acceptors (Lipinski definition) is 7. The first-order valence-electron chi connectivity index (χ1n) is 13.7. The van der Waals surface area contributed by atoms with Crippen molar-refractivity contribution in [3.05, 3.63) is 23.8 Å². The van der Waals surface area contributed by atoms with Gasteiger partial charge in [-0.05, 0) is 69.8 Å². The molecule has 0 aromatic carbocycles. The second-order valence-corrected chi connectivity index (χ2v) is 12.1. The molecule has 0 bridgehead atoms. The normalized spacial score (nSPS) is 27.8. The van der Waals surface area contributed by atoms with E-state index in [-0.39, 0.29) is 48.6 Å².